The Balaban J connectivity index is 2.26. The zero-order valence-corrected chi connectivity index (χ0v) is 8.20. The molecule has 1 atom stereocenters. The van der Waals surface area contributed by atoms with E-state index >= 15 is 0 Å². The maximum absolute atomic E-state index is 5.42. The van der Waals surface area contributed by atoms with Crippen LogP contribution >= 0.6 is 0 Å². The molecule has 5 heteroatoms. The van der Waals surface area contributed by atoms with Crippen molar-refractivity contribution in [1.29, 1.82) is 0 Å². The van der Waals surface area contributed by atoms with Crippen molar-refractivity contribution >= 4 is 0 Å². The molecular weight excluding hydrogens is 170 g/mol. The third kappa shape index (κ3) is 3.52. The molecule has 0 amide bonds. The van der Waals surface area contributed by atoms with E-state index in [1.165, 1.54) is 0 Å². The zero-order chi connectivity index (χ0) is 9.68. The van der Waals surface area contributed by atoms with Gasteiger partial charge in [0.15, 0.2) is 0 Å². The van der Waals surface area contributed by atoms with Gasteiger partial charge in [0.05, 0.1) is 6.10 Å². The molecule has 1 unspecified atom stereocenters. The molecule has 1 aromatic rings. The van der Waals surface area contributed by atoms with Crippen molar-refractivity contribution in [2.24, 2.45) is 0 Å². The van der Waals surface area contributed by atoms with Gasteiger partial charge < -0.3 is 14.5 Å². The van der Waals surface area contributed by atoms with Gasteiger partial charge in [0.2, 0.25) is 11.8 Å². The zero-order valence-electron chi connectivity index (χ0n) is 8.20. The quantitative estimate of drug-likeness (QED) is 0.724. The Hall–Kier alpha value is -0.940. The summed E-state index contributed by atoms with van der Waals surface area (Å²) in [6, 6.07) is 0. The summed E-state index contributed by atoms with van der Waals surface area (Å²) < 4.78 is 10.6. The second-order valence-electron chi connectivity index (χ2n) is 2.89. The maximum atomic E-state index is 5.42. The minimum absolute atomic E-state index is 0.150. The van der Waals surface area contributed by atoms with Crippen molar-refractivity contribution in [2.45, 2.75) is 26.6 Å². The molecule has 1 rings (SSSR count). The second kappa shape index (κ2) is 4.94. The standard InChI is InChI=1S/C8H15N3O2/c1-6(4-9-3)12-5-8-11-10-7(2)13-8/h6,9H,4-5H2,1-3H3. The van der Waals surface area contributed by atoms with Crippen LogP contribution < -0.4 is 5.32 Å². The molecule has 0 saturated carbocycles. The van der Waals surface area contributed by atoms with E-state index in [0.717, 1.165) is 6.54 Å². The number of hydrogen-bond acceptors (Lipinski definition) is 5. The average molecular weight is 185 g/mol. The first kappa shape index (κ1) is 10.1. The molecule has 0 fully saturated rings. The van der Waals surface area contributed by atoms with Gasteiger partial charge in [0, 0.05) is 13.5 Å². The predicted octanol–water partition coefficient (Wildman–Crippen LogP) is 0.503. The van der Waals surface area contributed by atoms with Crippen LogP contribution in [0.4, 0.5) is 0 Å². The molecule has 1 aromatic heterocycles. The van der Waals surface area contributed by atoms with Crippen molar-refractivity contribution in [1.82, 2.24) is 15.5 Å². The fourth-order valence-corrected chi connectivity index (χ4v) is 0.956. The summed E-state index contributed by atoms with van der Waals surface area (Å²) in [4.78, 5) is 0. The molecule has 0 aliphatic carbocycles. The first-order valence-corrected chi connectivity index (χ1v) is 4.27. The molecule has 1 N–H and O–H groups in total. The SMILES string of the molecule is CNCC(C)OCc1nnc(C)o1. The fourth-order valence-electron chi connectivity index (χ4n) is 0.956. The Kier molecular flexibility index (Phi) is 3.85. The van der Waals surface area contributed by atoms with Crippen molar-refractivity contribution < 1.29 is 9.15 Å². The van der Waals surface area contributed by atoms with Gasteiger partial charge in [-0.25, -0.2) is 0 Å². The second-order valence-corrected chi connectivity index (χ2v) is 2.89. The highest BCUT2D eigenvalue weighted by atomic mass is 16.5. The number of aryl methyl sites for hydroxylation is 1. The lowest BCUT2D eigenvalue weighted by Gasteiger charge is -2.09. The van der Waals surface area contributed by atoms with E-state index in [1.54, 1.807) is 6.92 Å². The Bertz CT molecular complexity index is 249. The van der Waals surface area contributed by atoms with E-state index in [2.05, 4.69) is 15.5 Å². The van der Waals surface area contributed by atoms with Gasteiger partial charge in [-0.3, -0.25) is 0 Å². The lowest BCUT2D eigenvalue weighted by molar-refractivity contribution is 0.0411. The smallest absolute Gasteiger partial charge is 0.242 e. The molecule has 0 radical (unpaired) electrons. The van der Waals surface area contributed by atoms with Crippen molar-refractivity contribution in [3.05, 3.63) is 11.8 Å². The van der Waals surface area contributed by atoms with Gasteiger partial charge in [-0.15, -0.1) is 10.2 Å². The summed E-state index contributed by atoms with van der Waals surface area (Å²) >= 11 is 0. The molecule has 0 spiro atoms. The van der Waals surface area contributed by atoms with E-state index < -0.39 is 0 Å². The molecule has 0 saturated heterocycles. The maximum Gasteiger partial charge on any atom is 0.242 e. The Labute approximate surface area is 77.5 Å². The molecule has 0 aromatic carbocycles. The monoisotopic (exact) mass is 185 g/mol. The number of hydrogen-bond donors (Lipinski definition) is 1. The average Bonchev–Trinajstić information content (AvgIpc) is 2.49. The molecule has 13 heavy (non-hydrogen) atoms. The first-order chi connectivity index (χ1) is 6.22. The van der Waals surface area contributed by atoms with Crippen LogP contribution in [-0.2, 0) is 11.3 Å². The molecule has 5 nitrogen and oxygen atoms in total. The van der Waals surface area contributed by atoms with Crippen LogP contribution in [-0.4, -0.2) is 29.9 Å². The number of aromatic nitrogens is 2. The van der Waals surface area contributed by atoms with Crippen molar-refractivity contribution in [3.8, 4) is 0 Å². The topological polar surface area (TPSA) is 60.2 Å². The largest absolute Gasteiger partial charge is 0.423 e. The molecule has 1 heterocycles. The van der Waals surface area contributed by atoms with Crippen LogP contribution in [0.1, 0.15) is 18.7 Å². The summed E-state index contributed by atoms with van der Waals surface area (Å²) in [5, 5.41) is 10.5. The van der Waals surface area contributed by atoms with E-state index in [-0.39, 0.29) is 6.10 Å². The number of nitrogens with one attached hydrogen (secondary N) is 1. The summed E-state index contributed by atoms with van der Waals surface area (Å²) in [6.07, 6.45) is 0.150. The van der Waals surface area contributed by atoms with Gasteiger partial charge in [-0.1, -0.05) is 0 Å². The number of nitrogens with zero attached hydrogens (tertiary/aromatic N) is 2. The van der Waals surface area contributed by atoms with E-state index in [9.17, 15) is 0 Å². The minimum Gasteiger partial charge on any atom is -0.423 e. The molecule has 0 bridgehead atoms. The first-order valence-electron chi connectivity index (χ1n) is 4.27. The van der Waals surface area contributed by atoms with Crippen LogP contribution in [0.25, 0.3) is 0 Å². The van der Waals surface area contributed by atoms with E-state index in [0.29, 0.717) is 18.4 Å². The predicted molar refractivity (Wildman–Crippen MR) is 47.2 cm³/mol. The Morgan fingerprint density at radius 1 is 1.54 bits per heavy atom. The van der Waals surface area contributed by atoms with Crippen LogP contribution in [0, 0.1) is 6.92 Å². The molecule has 0 aliphatic heterocycles. The summed E-state index contributed by atoms with van der Waals surface area (Å²) in [5.41, 5.74) is 0. The minimum atomic E-state index is 0.150. The third-order valence-corrected chi connectivity index (χ3v) is 1.55. The van der Waals surface area contributed by atoms with Crippen molar-refractivity contribution in [2.75, 3.05) is 13.6 Å². The highest BCUT2D eigenvalue weighted by Crippen LogP contribution is 2.01. The number of ether oxygens (including phenoxy) is 1. The van der Waals surface area contributed by atoms with Gasteiger partial charge in [-0.2, -0.15) is 0 Å². The molecule has 0 aliphatic rings. The summed E-state index contributed by atoms with van der Waals surface area (Å²) in [5.74, 6) is 1.10. The van der Waals surface area contributed by atoms with Crippen LogP contribution in [0.5, 0.6) is 0 Å². The van der Waals surface area contributed by atoms with Gasteiger partial charge >= 0.3 is 0 Å². The third-order valence-electron chi connectivity index (χ3n) is 1.55. The number of rotatable bonds is 5. The van der Waals surface area contributed by atoms with Gasteiger partial charge in [-0.05, 0) is 14.0 Å². The highest BCUT2D eigenvalue weighted by Gasteiger charge is 2.05. The van der Waals surface area contributed by atoms with Crippen LogP contribution in [0.3, 0.4) is 0 Å². The van der Waals surface area contributed by atoms with Gasteiger partial charge in [0.1, 0.15) is 6.61 Å². The Morgan fingerprint density at radius 2 is 2.31 bits per heavy atom. The molecule has 74 valence electrons. The van der Waals surface area contributed by atoms with E-state index in [4.69, 9.17) is 9.15 Å². The lowest BCUT2D eigenvalue weighted by Crippen LogP contribution is -2.23. The van der Waals surface area contributed by atoms with Gasteiger partial charge in [0.25, 0.3) is 0 Å². The van der Waals surface area contributed by atoms with E-state index in [1.807, 2.05) is 14.0 Å². The lowest BCUT2D eigenvalue weighted by atomic mass is 10.4. The normalized spacial score (nSPS) is 13.2. The van der Waals surface area contributed by atoms with Crippen molar-refractivity contribution in [3.63, 3.8) is 0 Å². The number of likely N-dealkylation sites (N-methyl/N-ethyl adjacent to an activating group) is 1. The summed E-state index contributed by atoms with van der Waals surface area (Å²) in [7, 11) is 1.89. The Morgan fingerprint density at radius 3 is 2.85 bits per heavy atom. The highest BCUT2D eigenvalue weighted by molar-refractivity contribution is 4.75. The van der Waals surface area contributed by atoms with Crippen LogP contribution in [0.2, 0.25) is 0 Å². The fraction of sp³-hybridized carbons (Fsp3) is 0.750. The summed E-state index contributed by atoms with van der Waals surface area (Å²) in [6.45, 7) is 4.93. The molecular formula is C8H15N3O2. The van der Waals surface area contributed by atoms with Crippen LogP contribution in [0.15, 0.2) is 4.42 Å².